The molecule has 0 aliphatic heterocycles. The number of urea groups is 1. The number of anilines is 2. The molecule has 3 rings (SSSR count). The zero-order valence-corrected chi connectivity index (χ0v) is 12.8. The van der Waals surface area contributed by atoms with Crippen LogP contribution in [0.1, 0.15) is 5.56 Å². The summed E-state index contributed by atoms with van der Waals surface area (Å²) in [6, 6.07) is 21.2. The highest BCUT2D eigenvalue weighted by Gasteiger charge is 2.04. The van der Waals surface area contributed by atoms with Crippen LogP contribution in [0, 0.1) is 6.92 Å². The molecule has 0 radical (unpaired) electrons. The van der Waals surface area contributed by atoms with Crippen LogP contribution < -0.4 is 10.6 Å². The summed E-state index contributed by atoms with van der Waals surface area (Å²) in [6.07, 6.45) is 1.71. The van der Waals surface area contributed by atoms with E-state index in [2.05, 4.69) is 27.8 Å². The number of aromatic nitrogens is 1. The Morgan fingerprint density at radius 1 is 0.826 bits per heavy atom. The molecule has 23 heavy (non-hydrogen) atoms. The second kappa shape index (κ2) is 6.75. The molecular formula is C19H17N3O. The molecule has 4 nitrogen and oxygen atoms in total. The predicted molar refractivity (Wildman–Crippen MR) is 93.5 cm³/mol. The monoisotopic (exact) mass is 303 g/mol. The Morgan fingerprint density at radius 3 is 2.17 bits per heavy atom. The van der Waals surface area contributed by atoms with Crippen LogP contribution in [0.5, 0.6) is 0 Å². The molecule has 1 aromatic heterocycles. The van der Waals surface area contributed by atoms with Gasteiger partial charge in [-0.15, -0.1) is 0 Å². The molecular weight excluding hydrogens is 286 g/mol. The summed E-state index contributed by atoms with van der Waals surface area (Å²) in [4.78, 5) is 16.1. The number of hydrogen-bond donors (Lipinski definition) is 2. The molecule has 0 spiro atoms. The summed E-state index contributed by atoms with van der Waals surface area (Å²) in [5.74, 6) is 0.522. The molecule has 0 aliphatic rings. The molecule has 2 N–H and O–H groups in total. The van der Waals surface area contributed by atoms with E-state index in [4.69, 9.17) is 0 Å². The lowest BCUT2D eigenvalue weighted by molar-refractivity contribution is 0.262. The fourth-order valence-corrected chi connectivity index (χ4v) is 2.20. The highest BCUT2D eigenvalue weighted by atomic mass is 16.2. The van der Waals surface area contributed by atoms with Crippen LogP contribution in [-0.4, -0.2) is 11.0 Å². The molecule has 0 fully saturated rings. The van der Waals surface area contributed by atoms with Gasteiger partial charge in [0.25, 0.3) is 0 Å². The Bertz CT molecular complexity index is 781. The molecule has 114 valence electrons. The zero-order valence-electron chi connectivity index (χ0n) is 12.8. The maximum Gasteiger partial charge on any atom is 0.324 e. The first-order valence-corrected chi connectivity index (χ1v) is 7.37. The Labute approximate surface area is 135 Å². The maximum atomic E-state index is 12.0. The lowest BCUT2D eigenvalue weighted by Gasteiger charge is -2.08. The van der Waals surface area contributed by atoms with Crippen LogP contribution in [0.25, 0.3) is 11.1 Å². The van der Waals surface area contributed by atoms with Gasteiger partial charge in [0, 0.05) is 11.9 Å². The maximum absolute atomic E-state index is 12.0. The van der Waals surface area contributed by atoms with Crippen LogP contribution in [0.4, 0.5) is 16.3 Å². The first kappa shape index (κ1) is 14.8. The minimum absolute atomic E-state index is 0.311. The number of hydrogen-bond acceptors (Lipinski definition) is 2. The molecule has 3 aromatic rings. The van der Waals surface area contributed by atoms with Crippen molar-refractivity contribution in [2.45, 2.75) is 6.92 Å². The quantitative estimate of drug-likeness (QED) is 0.736. The lowest BCUT2D eigenvalue weighted by Crippen LogP contribution is -2.19. The second-order valence-electron chi connectivity index (χ2n) is 5.24. The number of carbonyl (C=O) groups is 1. The van der Waals surface area contributed by atoms with Gasteiger partial charge in [0.05, 0.1) is 0 Å². The summed E-state index contributed by atoms with van der Waals surface area (Å²) >= 11 is 0. The average Bonchev–Trinajstić information content (AvgIpc) is 2.58. The lowest BCUT2D eigenvalue weighted by atomic mass is 10.1. The van der Waals surface area contributed by atoms with E-state index in [1.54, 1.807) is 12.3 Å². The third-order valence-corrected chi connectivity index (χ3v) is 3.40. The highest BCUT2D eigenvalue weighted by molar-refractivity contribution is 5.99. The molecule has 4 heteroatoms. The van der Waals surface area contributed by atoms with Gasteiger partial charge in [-0.05, 0) is 41.8 Å². The first-order valence-electron chi connectivity index (χ1n) is 7.37. The van der Waals surface area contributed by atoms with Crippen molar-refractivity contribution < 1.29 is 4.79 Å². The second-order valence-corrected chi connectivity index (χ2v) is 5.24. The summed E-state index contributed by atoms with van der Waals surface area (Å²) in [5.41, 5.74) is 4.03. The summed E-state index contributed by atoms with van der Waals surface area (Å²) < 4.78 is 0. The van der Waals surface area contributed by atoms with E-state index in [1.165, 1.54) is 0 Å². The van der Waals surface area contributed by atoms with Crippen molar-refractivity contribution >= 4 is 17.5 Å². The number of rotatable bonds is 3. The van der Waals surface area contributed by atoms with E-state index >= 15 is 0 Å². The Hall–Kier alpha value is -3.14. The van der Waals surface area contributed by atoms with E-state index in [-0.39, 0.29) is 6.03 Å². The molecule has 0 atom stereocenters. The molecule has 0 aliphatic carbocycles. The first-order chi connectivity index (χ1) is 11.2. The van der Waals surface area contributed by atoms with Crippen molar-refractivity contribution in [2.24, 2.45) is 0 Å². The van der Waals surface area contributed by atoms with Gasteiger partial charge >= 0.3 is 6.03 Å². The third kappa shape index (κ3) is 3.95. The van der Waals surface area contributed by atoms with E-state index in [0.29, 0.717) is 5.82 Å². The number of aryl methyl sites for hydroxylation is 1. The van der Waals surface area contributed by atoms with Crippen LogP contribution in [-0.2, 0) is 0 Å². The van der Waals surface area contributed by atoms with Gasteiger partial charge in [-0.25, -0.2) is 9.78 Å². The number of pyridine rings is 1. The van der Waals surface area contributed by atoms with Gasteiger partial charge in [-0.3, -0.25) is 5.32 Å². The number of amides is 2. The Balaban J connectivity index is 1.64. The molecule has 0 unspecified atom stereocenters. The molecule has 2 aromatic carbocycles. The average molecular weight is 303 g/mol. The van der Waals surface area contributed by atoms with Gasteiger partial charge in [0.2, 0.25) is 0 Å². The van der Waals surface area contributed by atoms with Gasteiger partial charge in [-0.1, -0.05) is 48.5 Å². The van der Waals surface area contributed by atoms with Crippen LogP contribution in [0.3, 0.4) is 0 Å². The largest absolute Gasteiger partial charge is 0.324 e. The molecule has 1 heterocycles. The van der Waals surface area contributed by atoms with Crippen LogP contribution >= 0.6 is 0 Å². The fourth-order valence-electron chi connectivity index (χ4n) is 2.20. The Kier molecular flexibility index (Phi) is 4.34. The molecule has 0 saturated carbocycles. The SMILES string of the molecule is Cc1ccc(NC(=O)Nc2ccc(-c3ccccc3)cc2)nc1. The number of nitrogens with zero attached hydrogens (tertiary/aromatic N) is 1. The normalized spacial score (nSPS) is 10.1. The number of nitrogens with one attached hydrogen (secondary N) is 2. The minimum atomic E-state index is -0.311. The van der Waals surface area contributed by atoms with Crippen molar-refractivity contribution in [1.82, 2.24) is 4.98 Å². The number of benzene rings is 2. The van der Waals surface area contributed by atoms with Crippen molar-refractivity contribution in [2.75, 3.05) is 10.6 Å². The van der Waals surface area contributed by atoms with Gasteiger partial charge in [-0.2, -0.15) is 0 Å². The van der Waals surface area contributed by atoms with Crippen LogP contribution in [0.2, 0.25) is 0 Å². The third-order valence-electron chi connectivity index (χ3n) is 3.40. The minimum Gasteiger partial charge on any atom is -0.308 e. The van der Waals surface area contributed by atoms with Crippen molar-refractivity contribution in [3.63, 3.8) is 0 Å². The van der Waals surface area contributed by atoms with Crippen molar-refractivity contribution in [1.29, 1.82) is 0 Å². The standard InChI is InChI=1S/C19H17N3O/c1-14-7-12-18(20-13-14)22-19(23)21-17-10-8-16(9-11-17)15-5-3-2-4-6-15/h2-13H,1H3,(H2,20,21,22,23). The molecule has 2 amide bonds. The smallest absolute Gasteiger partial charge is 0.308 e. The van der Waals surface area contributed by atoms with E-state index < -0.39 is 0 Å². The van der Waals surface area contributed by atoms with Crippen molar-refractivity contribution in [3.05, 3.63) is 78.5 Å². The molecule has 0 bridgehead atoms. The zero-order chi connectivity index (χ0) is 16.1. The Morgan fingerprint density at radius 2 is 1.52 bits per heavy atom. The van der Waals surface area contributed by atoms with Gasteiger partial charge in [0.1, 0.15) is 5.82 Å². The number of carbonyl (C=O) groups excluding carboxylic acids is 1. The van der Waals surface area contributed by atoms with Crippen molar-refractivity contribution in [3.8, 4) is 11.1 Å². The topological polar surface area (TPSA) is 54.0 Å². The van der Waals surface area contributed by atoms with Gasteiger partial charge < -0.3 is 5.32 Å². The van der Waals surface area contributed by atoms with E-state index in [9.17, 15) is 4.79 Å². The molecule has 0 saturated heterocycles. The fraction of sp³-hybridized carbons (Fsp3) is 0.0526. The predicted octanol–water partition coefficient (Wildman–Crippen LogP) is 4.70. The summed E-state index contributed by atoms with van der Waals surface area (Å²) in [7, 11) is 0. The van der Waals surface area contributed by atoms with Crippen LogP contribution in [0.15, 0.2) is 72.9 Å². The highest BCUT2D eigenvalue weighted by Crippen LogP contribution is 2.21. The summed E-state index contributed by atoms with van der Waals surface area (Å²) in [5, 5.41) is 5.50. The van der Waals surface area contributed by atoms with E-state index in [0.717, 1.165) is 22.4 Å². The van der Waals surface area contributed by atoms with E-state index in [1.807, 2.05) is 55.5 Å². The summed E-state index contributed by atoms with van der Waals surface area (Å²) in [6.45, 7) is 1.95. The van der Waals surface area contributed by atoms with Gasteiger partial charge in [0.15, 0.2) is 0 Å².